The topological polar surface area (TPSA) is 30.7 Å². The predicted molar refractivity (Wildman–Crippen MR) is 73.2 cm³/mol. The highest BCUT2D eigenvalue weighted by atomic mass is 35.5. The Morgan fingerprint density at radius 1 is 1.06 bits per heavy atom. The van der Waals surface area contributed by atoms with Gasteiger partial charge in [-0.05, 0) is 18.4 Å². The molecule has 0 saturated heterocycles. The van der Waals surface area contributed by atoms with Gasteiger partial charge >= 0.3 is 0 Å². The highest BCUT2D eigenvalue weighted by molar-refractivity contribution is 6.16. The number of hydrogen-bond donors (Lipinski definition) is 0. The van der Waals surface area contributed by atoms with E-state index in [1.54, 1.807) is 0 Å². The smallest absolute Gasteiger partial charge is 0.152 e. The van der Waals surface area contributed by atoms with Gasteiger partial charge in [0.05, 0.1) is 11.6 Å². The van der Waals surface area contributed by atoms with E-state index in [1.165, 1.54) is 10.8 Å². The van der Waals surface area contributed by atoms with Crippen LogP contribution in [0.25, 0.3) is 16.5 Å². The van der Waals surface area contributed by atoms with E-state index in [2.05, 4.69) is 34.5 Å². The largest absolute Gasteiger partial charge is 0.282 e. The second-order valence-electron chi connectivity index (χ2n) is 4.13. The van der Waals surface area contributed by atoms with Crippen LogP contribution < -0.4 is 0 Å². The molecule has 0 radical (unpaired) electrons. The minimum atomic E-state index is 0.351. The SMILES string of the molecule is Cc1nnc(CCl)n1-c1cccc2ccccc12. The summed E-state index contributed by atoms with van der Waals surface area (Å²) in [5, 5.41) is 10.6. The molecule has 3 rings (SSSR count). The number of aromatic nitrogens is 3. The molecule has 1 aromatic heterocycles. The van der Waals surface area contributed by atoms with Crippen molar-refractivity contribution in [3.8, 4) is 5.69 Å². The van der Waals surface area contributed by atoms with Gasteiger partial charge in [0.1, 0.15) is 5.82 Å². The molecule has 0 saturated carbocycles. The number of alkyl halides is 1. The molecule has 1 heterocycles. The number of benzene rings is 2. The maximum Gasteiger partial charge on any atom is 0.152 e. The van der Waals surface area contributed by atoms with Gasteiger partial charge in [0.15, 0.2) is 5.82 Å². The van der Waals surface area contributed by atoms with E-state index in [0.717, 1.165) is 17.3 Å². The predicted octanol–water partition coefficient (Wildman–Crippen LogP) is 3.47. The van der Waals surface area contributed by atoms with Crippen molar-refractivity contribution < 1.29 is 0 Å². The molecule has 0 unspecified atom stereocenters. The van der Waals surface area contributed by atoms with Gasteiger partial charge in [-0.15, -0.1) is 21.8 Å². The lowest BCUT2D eigenvalue weighted by Crippen LogP contribution is -2.02. The molecular weight excluding hydrogens is 246 g/mol. The summed E-state index contributed by atoms with van der Waals surface area (Å²) in [7, 11) is 0. The van der Waals surface area contributed by atoms with Gasteiger partial charge in [0.25, 0.3) is 0 Å². The van der Waals surface area contributed by atoms with Crippen LogP contribution in [0.1, 0.15) is 11.6 Å². The van der Waals surface area contributed by atoms with Crippen LogP contribution in [0.4, 0.5) is 0 Å². The quantitative estimate of drug-likeness (QED) is 0.658. The van der Waals surface area contributed by atoms with Crippen molar-refractivity contribution in [3.05, 3.63) is 54.1 Å². The van der Waals surface area contributed by atoms with Crippen molar-refractivity contribution in [2.75, 3.05) is 0 Å². The number of nitrogens with zero attached hydrogens (tertiary/aromatic N) is 3. The zero-order chi connectivity index (χ0) is 12.5. The Morgan fingerprint density at radius 2 is 1.83 bits per heavy atom. The molecule has 0 amide bonds. The van der Waals surface area contributed by atoms with E-state index in [-0.39, 0.29) is 0 Å². The fourth-order valence-corrected chi connectivity index (χ4v) is 2.38. The third kappa shape index (κ3) is 1.68. The van der Waals surface area contributed by atoms with Crippen LogP contribution >= 0.6 is 11.6 Å². The van der Waals surface area contributed by atoms with Crippen molar-refractivity contribution in [2.24, 2.45) is 0 Å². The third-order valence-corrected chi connectivity index (χ3v) is 3.26. The van der Waals surface area contributed by atoms with E-state index in [4.69, 9.17) is 11.6 Å². The van der Waals surface area contributed by atoms with E-state index < -0.39 is 0 Å². The highest BCUT2D eigenvalue weighted by Gasteiger charge is 2.11. The number of halogens is 1. The maximum atomic E-state index is 5.92. The van der Waals surface area contributed by atoms with Gasteiger partial charge in [-0.25, -0.2) is 0 Å². The normalized spacial score (nSPS) is 11.0. The number of fused-ring (bicyclic) bond motifs is 1. The lowest BCUT2D eigenvalue weighted by atomic mass is 10.1. The summed E-state index contributed by atoms with van der Waals surface area (Å²) in [6, 6.07) is 14.5. The molecule has 2 aromatic carbocycles. The maximum absolute atomic E-state index is 5.92. The lowest BCUT2D eigenvalue weighted by Gasteiger charge is -2.10. The van der Waals surface area contributed by atoms with E-state index in [9.17, 15) is 0 Å². The highest BCUT2D eigenvalue weighted by Crippen LogP contribution is 2.24. The van der Waals surface area contributed by atoms with Crippen molar-refractivity contribution >= 4 is 22.4 Å². The Morgan fingerprint density at radius 3 is 2.67 bits per heavy atom. The van der Waals surface area contributed by atoms with Crippen molar-refractivity contribution in [3.63, 3.8) is 0 Å². The lowest BCUT2D eigenvalue weighted by molar-refractivity contribution is 0.933. The van der Waals surface area contributed by atoms with Gasteiger partial charge < -0.3 is 0 Å². The molecule has 0 spiro atoms. The molecule has 0 bridgehead atoms. The summed E-state index contributed by atoms with van der Waals surface area (Å²) in [5.74, 6) is 1.97. The molecule has 0 aliphatic rings. The van der Waals surface area contributed by atoms with E-state index in [0.29, 0.717) is 5.88 Å². The first kappa shape index (κ1) is 11.2. The van der Waals surface area contributed by atoms with Crippen LogP contribution in [-0.2, 0) is 5.88 Å². The first-order chi connectivity index (χ1) is 8.81. The first-order valence-electron chi connectivity index (χ1n) is 5.76. The second-order valence-corrected chi connectivity index (χ2v) is 4.40. The van der Waals surface area contributed by atoms with Crippen molar-refractivity contribution in [1.82, 2.24) is 14.8 Å². The Balaban J connectivity index is 2.35. The molecular formula is C14H12ClN3. The summed E-state index contributed by atoms with van der Waals surface area (Å²) in [6.07, 6.45) is 0. The van der Waals surface area contributed by atoms with Gasteiger partial charge in [-0.2, -0.15) is 0 Å². The molecule has 0 fully saturated rings. The number of hydrogen-bond acceptors (Lipinski definition) is 2. The van der Waals surface area contributed by atoms with Gasteiger partial charge in [0.2, 0.25) is 0 Å². The van der Waals surface area contributed by atoms with Crippen molar-refractivity contribution in [1.29, 1.82) is 0 Å². The van der Waals surface area contributed by atoms with Crippen LogP contribution in [0, 0.1) is 6.92 Å². The molecule has 0 atom stereocenters. The molecule has 4 heteroatoms. The molecule has 3 nitrogen and oxygen atoms in total. The van der Waals surface area contributed by atoms with Gasteiger partial charge in [-0.1, -0.05) is 36.4 Å². The first-order valence-corrected chi connectivity index (χ1v) is 6.29. The molecule has 0 N–H and O–H groups in total. The Hall–Kier alpha value is -1.87. The fraction of sp³-hybridized carbons (Fsp3) is 0.143. The summed E-state index contributed by atoms with van der Waals surface area (Å²) in [4.78, 5) is 0. The van der Waals surface area contributed by atoms with Crippen molar-refractivity contribution in [2.45, 2.75) is 12.8 Å². The minimum absolute atomic E-state index is 0.351. The number of aryl methyl sites for hydroxylation is 1. The Labute approximate surface area is 110 Å². The van der Waals surface area contributed by atoms with Gasteiger partial charge in [-0.3, -0.25) is 4.57 Å². The summed E-state index contributed by atoms with van der Waals surface area (Å²) < 4.78 is 2.01. The molecule has 0 aliphatic carbocycles. The average Bonchev–Trinajstić information content (AvgIpc) is 2.79. The molecule has 3 aromatic rings. The number of rotatable bonds is 2. The minimum Gasteiger partial charge on any atom is -0.282 e. The molecule has 18 heavy (non-hydrogen) atoms. The fourth-order valence-electron chi connectivity index (χ4n) is 2.21. The van der Waals surface area contributed by atoms with Crippen LogP contribution in [0.3, 0.4) is 0 Å². The van der Waals surface area contributed by atoms with Crippen LogP contribution in [0.15, 0.2) is 42.5 Å². The van der Waals surface area contributed by atoms with Crippen LogP contribution in [-0.4, -0.2) is 14.8 Å². The Kier molecular flexibility index (Phi) is 2.76. The average molecular weight is 258 g/mol. The zero-order valence-corrected chi connectivity index (χ0v) is 10.7. The molecule has 90 valence electrons. The van der Waals surface area contributed by atoms with Gasteiger partial charge in [0, 0.05) is 5.39 Å². The molecule has 0 aliphatic heterocycles. The summed E-state index contributed by atoms with van der Waals surface area (Å²) in [6.45, 7) is 1.94. The Bertz CT molecular complexity index is 698. The standard InChI is InChI=1S/C14H12ClN3/c1-10-16-17-14(9-15)18(10)13-8-4-6-11-5-2-3-7-12(11)13/h2-8H,9H2,1H3. The summed E-state index contributed by atoms with van der Waals surface area (Å²) in [5.41, 5.74) is 1.08. The third-order valence-electron chi connectivity index (χ3n) is 3.02. The monoisotopic (exact) mass is 257 g/mol. The van der Waals surface area contributed by atoms with Crippen LogP contribution in [0.5, 0.6) is 0 Å². The van der Waals surface area contributed by atoms with Crippen LogP contribution in [0.2, 0.25) is 0 Å². The van der Waals surface area contributed by atoms with E-state index >= 15 is 0 Å². The summed E-state index contributed by atoms with van der Waals surface area (Å²) >= 11 is 5.92. The second kappa shape index (κ2) is 4.42. The zero-order valence-electron chi connectivity index (χ0n) is 9.97. The van der Waals surface area contributed by atoms with E-state index in [1.807, 2.05) is 29.7 Å².